The molecule has 2 heterocycles. The molecule has 0 aliphatic carbocycles. The van der Waals surface area contributed by atoms with E-state index in [0.717, 1.165) is 0 Å². The van der Waals surface area contributed by atoms with Crippen molar-refractivity contribution in [3.05, 3.63) is 28.9 Å². The lowest BCUT2D eigenvalue weighted by Crippen LogP contribution is -1.99. The van der Waals surface area contributed by atoms with Crippen molar-refractivity contribution in [1.82, 2.24) is 9.97 Å². The number of carboxylic acids is 1. The molecule has 0 amide bonds. The van der Waals surface area contributed by atoms with Gasteiger partial charge in [0.1, 0.15) is 10.8 Å². The van der Waals surface area contributed by atoms with Crippen LogP contribution >= 0.6 is 11.3 Å². The number of thiazole rings is 1. The van der Waals surface area contributed by atoms with E-state index in [1.807, 2.05) is 0 Å². The van der Waals surface area contributed by atoms with Gasteiger partial charge in [0.05, 0.1) is 5.56 Å². The molecule has 0 saturated heterocycles. The van der Waals surface area contributed by atoms with Gasteiger partial charge in [-0.05, 0) is 19.1 Å². The molecule has 0 aliphatic heterocycles. The Morgan fingerprint density at radius 1 is 1.56 bits per heavy atom. The van der Waals surface area contributed by atoms with Crippen molar-refractivity contribution in [3.8, 4) is 10.6 Å². The second-order valence-electron chi connectivity index (χ2n) is 3.17. The molecule has 0 aromatic carbocycles. The Balaban J connectivity index is 2.54. The fourth-order valence-electron chi connectivity index (χ4n) is 1.31. The number of hydrogen-bond donors (Lipinski definition) is 2. The molecule has 0 unspecified atom stereocenters. The summed E-state index contributed by atoms with van der Waals surface area (Å²) in [4.78, 5) is 19.5. The van der Waals surface area contributed by atoms with Crippen LogP contribution in [0.5, 0.6) is 0 Å². The number of aromatic nitrogens is 2. The maximum atomic E-state index is 10.8. The molecule has 0 aliphatic rings. The number of carboxylic acid groups (broad SMARTS) is 1. The molecule has 6 heteroatoms. The molecule has 0 fully saturated rings. The van der Waals surface area contributed by atoms with Crippen molar-refractivity contribution in [3.63, 3.8) is 0 Å². The molecule has 3 N–H and O–H groups in total. The number of anilines is 1. The smallest absolute Gasteiger partial charge is 0.355 e. The largest absolute Gasteiger partial charge is 0.476 e. The number of aryl methyl sites for hydroxylation is 1. The zero-order valence-corrected chi connectivity index (χ0v) is 9.28. The number of aromatic carboxylic acids is 1. The zero-order valence-electron chi connectivity index (χ0n) is 8.47. The minimum absolute atomic E-state index is 0.0725. The van der Waals surface area contributed by atoms with Gasteiger partial charge >= 0.3 is 5.97 Å². The second kappa shape index (κ2) is 3.90. The van der Waals surface area contributed by atoms with Crippen molar-refractivity contribution in [1.29, 1.82) is 0 Å². The highest BCUT2D eigenvalue weighted by Crippen LogP contribution is 2.30. The highest BCUT2D eigenvalue weighted by Gasteiger charge is 2.16. The van der Waals surface area contributed by atoms with Crippen LogP contribution in [0.2, 0.25) is 0 Å². The van der Waals surface area contributed by atoms with E-state index < -0.39 is 5.97 Å². The molecule has 0 bridgehead atoms. The molecule has 2 aromatic rings. The Labute approximate surface area is 95.6 Å². The predicted octanol–water partition coefficient (Wildman–Crippen LogP) is 1.79. The predicted molar refractivity (Wildman–Crippen MR) is 61.5 cm³/mol. The first-order valence-electron chi connectivity index (χ1n) is 4.51. The minimum Gasteiger partial charge on any atom is -0.476 e. The number of nitrogens with zero attached hydrogens (tertiary/aromatic N) is 2. The van der Waals surface area contributed by atoms with Crippen molar-refractivity contribution in [2.24, 2.45) is 0 Å². The van der Waals surface area contributed by atoms with E-state index in [2.05, 4.69) is 9.97 Å². The van der Waals surface area contributed by atoms with Crippen LogP contribution in [0.1, 0.15) is 15.4 Å². The van der Waals surface area contributed by atoms with E-state index in [9.17, 15) is 4.79 Å². The Hall–Kier alpha value is -1.95. The van der Waals surface area contributed by atoms with Crippen molar-refractivity contribution < 1.29 is 9.90 Å². The lowest BCUT2D eigenvalue weighted by molar-refractivity contribution is 0.0690. The van der Waals surface area contributed by atoms with Crippen LogP contribution in [0.4, 0.5) is 5.82 Å². The molecule has 5 nitrogen and oxygen atoms in total. The van der Waals surface area contributed by atoms with Gasteiger partial charge in [-0.1, -0.05) is 0 Å². The number of nitrogen functional groups attached to an aromatic ring is 1. The zero-order chi connectivity index (χ0) is 11.7. The molecule has 16 heavy (non-hydrogen) atoms. The molecule has 2 aromatic heterocycles. The van der Waals surface area contributed by atoms with Gasteiger partial charge in [0.25, 0.3) is 0 Å². The number of rotatable bonds is 2. The Morgan fingerprint density at radius 2 is 2.31 bits per heavy atom. The summed E-state index contributed by atoms with van der Waals surface area (Å²) in [6.07, 6.45) is 1.58. The van der Waals surface area contributed by atoms with Gasteiger partial charge in [0.2, 0.25) is 0 Å². The van der Waals surface area contributed by atoms with Crippen LogP contribution in [-0.2, 0) is 0 Å². The average Bonchev–Trinajstić information content (AvgIpc) is 2.61. The molecule has 0 saturated carbocycles. The fraction of sp³-hybridized carbons (Fsp3) is 0.100. The van der Waals surface area contributed by atoms with E-state index in [0.29, 0.717) is 21.3 Å². The lowest BCUT2D eigenvalue weighted by atomic mass is 10.2. The minimum atomic E-state index is -1.03. The van der Waals surface area contributed by atoms with Crippen LogP contribution in [0.3, 0.4) is 0 Å². The van der Waals surface area contributed by atoms with E-state index >= 15 is 0 Å². The summed E-state index contributed by atoms with van der Waals surface area (Å²) in [6.45, 7) is 1.72. The summed E-state index contributed by atoms with van der Waals surface area (Å²) in [7, 11) is 0. The van der Waals surface area contributed by atoms with E-state index in [1.54, 1.807) is 25.3 Å². The number of pyridine rings is 1. The molecule has 0 spiro atoms. The summed E-state index contributed by atoms with van der Waals surface area (Å²) >= 11 is 1.30. The van der Waals surface area contributed by atoms with Gasteiger partial charge in [0, 0.05) is 11.1 Å². The fourth-order valence-corrected chi connectivity index (χ4v) is 2.25. The maximum absolute atomic E-state index is 10.8. The summed E-state index contributed by atoms with van der Waals surface area (Å²) < 4.78 is 0. The van der Waals surface area contributed by atoms with Crippen LogP contribution in [0.25, 0.3) is 10.6 Å². The quantitative estimate of drug-likeness (QED) is 0.828. The van der Waals surface area contributed by atoms with Crippen LogP contribution in [0.15, 0.2) is 18.3 Å². The standard InChI is InChI=1S/C10H9N3O2S/c1-5-7(10(14)15)13-9(16-5)6-3-2-4-12-8(6)11/h2-4H,1H3,(H2,11,12)(H,14,15). The molecule has 2 rings (SSSR count). The third-order valence-electron chi connectivity index (χ3n) is 2.07. The van der Waals surface area contributed by atoms with Gasteiger partial charge in [0.15, 0.2) is 5.69 Å². The van der Waals surface area contributed by atoms with Gasteiger partial charge in [-0.2, -0.15) is 0 Å². The Bertz CT molecular complexity index is 551. The summed E-state index contributed by atoms with van der Waals surface area (Å²) in [5.74, 6) is -0.671. The third-order valence-corrected chi connectivity index (χ3v) is 3.07. The number of carbonyl (C=O) groups is 1. The van der Waals surface area contributed by atoms with E-state index in [4.69, 9.17) is 10.8 Å². The average molecular weight is 235 g/mol. The number of hydrogen-bond acceptors (Lipinski definition) is 5. The summed E-state index contributed by atoms with van der Waals surface area (Å²) in [5, 5.41) is 9.48. The highest BCUT2D eigenvalue weighted by atomic mass is 32.1. The normalized spacial score (nSPS) is 10.3. The van der Waals surface area contributed by atoms with Crippen molar-refractivity contribution in [2.45, 2.75) is 6.92 Å². The Kier molecular flexibility index (Phi) is 2.57. The topological polar surface area (TPSA) is 89.1 Å². The lowest BCUT2D eigenvalue weighted by Gasteiger charge is -1.98. The Morgan fingerprint density at radius 3 is 2.88 bits per heavy atom. The molecular formula is C10H9N3O2S. The summed E-state index contributed by atoms with van der Waals surface area (Å²) in [6, 6.07) is 3.51. The first-order chi connectivity index (χ1) is 7.59. The van der Waals surface area contributed by atoms with Crippen molar-refractivity contribution in [2.75, 3.05) is 5.73 Å². The van der Waals surface area contributed by atoms with Gasteiger partial charge in [-0.3, -0.25) is 0 Å². The van der Waals surface area contributed by atoms with E-state index in [-0.39, 0.29) is 5.69 Å². The molecular weight excluding hydrogens is 226 g/mol. The van der Waals surface area contributed by atoms with Crippen molar-refractivity contribution >= 4 is 23.1 Å². The molecule has 0 radical (unpaired) electrons. The monoisotopic (exact) mass is 235 g/mol. The van der Waals surface area contributed by atoms with Gasteiger partial charge < -0.3 is 10.8 Å². The van der Waals surface area contributed by atoms with Crippen LogP contribution < -0.4 is 5.73 Å². The SMILES string of the molecule is Cc1sc(-c2cccnc2N)nc1C(=O)O. The third kappa shape index (κ3) is 1.74. The van der Waals surface area contributed by atoms with E-state index in [1.165, 1.54) is 11.3 Å². The molecule has 0 atom stereocenters. The summed E-state index contributed by atoms with van der Waals surface area (Å²) in [5.41, 5.74) is 6.44. The van der Waals surface area contributed by atoms with Crippen LogP contribution in [-0.4, -0.2) is 21.0 Å². The first-order valence-corrected chi connectivity index (χ1v) is 5.33. The van der Waals surface area contributed by atoms with Crippen LogP contribution in [0, 0.1) is 6.92 Å². The maximum Gasteiger partial charge on any atom is 0.355 e. The van der Waals surface area contributed by atoms with Gasteiger partial charge in [-0.15, -0.1) is 11.3 Å². The highest BCUT2D eigenvalue weighted by molar-refractivity contribution is 7.15. The number of nitrogens with two attached hydrogens (primary N) is 1. The van der Waals surface area contributed by atoms with Gasteiger partial charge in [-0.25, -0.2) is 14.8 Å². The second-order valence-corrected chi connectivity index (χ2v) is 4.37. The molecule has 82 valence electrons. The first kappa shape index (κ1) is 10.6.